The minimum atomic E-state index is -0.493. The lowest BCUT2D eigenvalue weighted by Crippen LogP contribution is -2.44. The third kappa shape index (κ3) is 12.9. The summed E-state index contributed by atoms with van der Waals surface area (Å²) in [7, 11) is 1.64. The van der Waals surface area contributed by atoms with Gasteiger partial charge in [-0.05, 0) is 120 Å². The first kappa shape index (κ1) is 58.8. The molecule has 2 amide bonds. The number of phenols is 1. The number of aliphatic hydroxyl groups is 1. The van der Waals surface area contributed by atoms with Gasteiger partial charge in [0.25, 0.3) is 0 Å². The van der Waals surface area contributed by atoms with Crippen LogP contribution >= 0.6 is 0 Å². The van der Waals surface area contributed by atoms with E-state index >= 15 is 4.39 Å². The van der Waals surface area contributed by atoms with Gasteiger partial charge in [0.15, 0.2) is 5.75 Å². The first-order valence-electron chi connectivity index (χ1n) is 28.7. The van der Waals surface area contributed by atoms with Gasteiger partial charge in [-0.25, -0.2) is 4.39 Å². The van der Waals surface area contributed by atoms with Crippen molar-refractivity contribution in [1.82, 2.24) is 40.5 Å². The van der Waals surface area contributed by atoms with Crippen LogP contribution < -0.4 is 25.0 Å². The van der Waals surface area contributed by atoms with E-state index in [-0.39, 0.29) is 61.5 Å². The molecule has 4 N–H and O–H groups in total. The molecule has 3 saturated heterocycles. The average molecular weight is 1120 g/mol. The fourth-order valence-corrected chi connectivity index (χ4v) is 11.0. The van der Waals surface area contributed by atoms with Crippen molar-refractivity contribution < 1.29 is 38.4 Å². The van der Waals surface area contributed by atoms with E-state index in [1.807, 2.05) is 76.2 Å². The number of halogens is 1. The van der Waals surface area contributed by atoms with Crippen LogP contribution in [0.3, 0.4) is 0 Å². The molecule has 3 fully saturated rings. The first-order chi connectivity index (χ1) is 39.8. The molecule has 2 bridgehead atoms. The Hall–Kier alpha value is -7.87. The molecule has 0 radical (unpaired) electrons. The number of piperazine rings is 1. The van der Waals surface area contributed by atoms with Crippen molar-refractivity contribution in [3.63, 3.8) is 0 Å². The van der Waals surface area contributed by atoms with Crippen molar-refractivity contribution >= 4 is 39.8 Å². The summed E-state index contributed by atoms with van der Waals surface area (Å²) >= 11 is 0. The van der Waals surface area contributed by atoms with Crippen molar-refractivity contribution in [3.05, 3.63) is 132 Å². The van der Waals surface area contributed by atoms with Gasteiger partial charge in [-0.15, -0.1) is 0 Å². The number of benzene rings is 4. The van der Waals surface area contributed by atoms with E-state index in [4.69, 9.17) is 29.2 Å². The van der Waals surface area contributed by atoms with E-state index < -0.39 is 12.1 Å². The number of aliphatic hydroxyl groups excluding tert-OH is 1. The molecule has 0 aliphatic carbocycles. The van der Waals surface area contributed by atoms with E-state index in [1.165, 1.54) is 11.0 Å². The Labute approximate surface area is 479 Å². The van der Waals surface area contributed by atoms with Crippen LogP contribution in [0.4, 0.5) is 10.2 Å². The first-order valence-corrected chi connectivity index (χ1v) is 28.7. The number of rotatable bonds is 19. The van der Waals surface area contributed by atoms with Crippen molar-refractivity contribution in [2.45, 2.75) is 123 Å². The Morgan fingerprint density at radius 1 is 0.951 bits per heavy atom. The number of amides is 2. The summed E-state index contributed by atoms with van der Waals surface area (Å²) in [5.41, 5.74) is 6.95. The third-order valence-electron chi connectivity index (χ3n) is 16.0. The Kier molecular flexibility index (Phi) is 19.2. The maximum atomic E-state index is 15.4. The lowest BCUT2D eigenvalue weighted by molar-refractivity contribution is -0.131. The summed E-state index contributed by atoms with van der Waals surface area (Å²) in [6, 6.07) is 26.3. The zero-order valence-corrected chi connectivity index (χ0v) is 48.1. The molecular weight excluding hydrogens is 1040 g/mol. The average Bonchev–Trinajstić information content (AvgIpc) is 4.50. The molecule has 4 aromatic carbocycles. The lowest BCUT2D eigenvalue weighted by atomic mass is 9.94. The Morgan fingerprint density at radius 3 is 2.38 bits per heavy atom. The second-order valence-corrected chi connectivity index (χ2v) is 21.5. The smallest absolute Gasteiger partial charge is 0.319 e. The highest BCUT2D eigenvalue weighted by atomic mass is 19.1. The van der Waals surface area contributed by atoms with E-state index in [0.717, 1.165) is 66.1 Å². The molecule has 4 aliphatic heterocycles. The normalized spacial score (nSPS) is 19.2. The number of anilines is 1. The predicted octanol–water partition coefficient (Wildman–Crippen LogP) is 10.1. The Morgan fingerprint density at radius 2 is 1.71 bits per heavy atom. The van der Waals surface area contributed by atoms with Gasteiger partial charge >= 0.3 is 6.01 Å². The summed E-state index contributed by atoms with van der Waals surface area (Å²) < 4.78 is 33.9. The Balaban J connectivity index is 0.000000250. The van der Waals surface area contributed by atoms with E-state index in [2.05, 4.69) is 68.8 Å². The van der Waals surface area contributed by atoms with Gasteiger partial charge in [0.05, 0.1) is 30.7 Å². The molecule has 19 heteroatoms. The number of aromatic hydroxyl groups is 1. The van der Waals surface area contributed by atoms with Crippen LogP contribution in [0.15, 0.2) is 114 Å². The minimum Gasteiger partial charge on any atom is -0.508 e. The highest BCUT2D eigenvalue weighted by molar-refractivity contribution is 6.04. The fourth-order valence-electron chi connectivity index (χ4n) is 11.0. The SMILES string of the molecule is CC.CCc1c(F)ccc2cc(O)cc(-c3ncc4c(N5C[C@H]6CC5CN6)nc(OC[C@H](C)OC)nc4c3OCc3ccc(C4CN(C(C)C(C)C)N=N4)cc3)c12.O=CN1CCCC1C(=O)NC(CO)c1ccc(-c2ccncc2)cc1. The van der Waals surface area contributed by atoms with E-state index in [9.17, 15) is 19.8 Å². The number of nitrogens with one attached hydrogen (secondary N) is 2. The maximum Gasteiger partial charge on any atom is 0.319 e. The molecule has 0 spiro atoms. The molecule has 7 aromatic rings. The van der Waals surface area contributed by atoms with Gasteiger partial charge in [0, 0.05) is 69.0 Å². The van der Waals surface area contributed by atoms with Crippen LogP contribution in [-0.2, 0) is 27.4 Å². The number of nitrogens with zero attached hydrogens (tertiary/aromatic N) is 9. The molecule has 18 nitrogen and oxygen atoms in total. The molecule has 5 unspecified atom stereocenters. The predicted molar refractivity (Wildman–Crippen MR) is 315 cm³/mol. The van der Waals surface area contributed by atoms with Gasteiger partial charge in [-0.2, -0.15) is 15.1 Å². The number of likely N-dealkylation sites (tertiary alicyclic amines) is 1. The third-order valence-corrected chi connectivity index (χ3v) is 16.0. The number of phenolic OH excluding ortho intramolecular Hbond substituents is 1. The summed E-state index contributed by atoms with van der Waals surface area (Å²) in [6.07, 6.45) is 8.71. The van der Waals surface area contributed by atoms with Crippen LogP contribution in [0.25, 0.3) is 44.1 Å². The summed E-state index contributed by atoms with van der Waals surface area (Å²) in [4.78, 5) is 46.2. The second kappa shape index (κ2) is 26.8. The van der Waals surface area contributed by atoms with Crippen molar-refractivity contribution in [2.75, 3.05) is 51.4 Å². The molecule has 0 saturated carbocycles. The van der Waals surface area contributed by atoms with Crippen molar-refractivity contribution in [2.24, 2.45) is 16.3 Å². The molecule has 7 atom stereocenters. The van der Waals surface area contributed by atoms with Gasteiger partial charge < -0.3 is 44.9 Å². The highest BCUT2D eigenvalue weighted by Gasteiger charge is 2.40. The van der Waals surface area contributed by atoms with Crippen LogP contribution in [0.5, 0.6) is 17.5 Å². The molecule has 4 aliphatic rings. The lowest BCUT2D eigenvalue weighted by Gasteiger charge is -2.29. The number of methoxy groups -OCH3 is 1. The van der Waals surface area contributed by atoms with Crippen molar-refractivity contribution in [1.29, 1.82) is 0 Å². The van der Waals surface area contributed by atoms with Gasteiger partial charge in [-0.3, -0.25) is 24.6 Å². The van der Waals surface area contributed by atoms with Crippen LogP contribution in [0, 0.1) is 11.7 Å². The molecule has 3 aromatic heterocycles. The number of carbonyl (C=O) groups is 2. The monoisotopic (exact) mass is 1120 g/mol. The standard InChI is InChI=1S/C42H49FN8O4.C19H21N3O3.C2H6/c1-7-32-35(43)13-12-28-14-31(52)16-33(37(28)32)38-40(54-22-26-8-10-27(11-9-26)36-20-51(49-48-36)25(5)23(2)3)39-34(18-45-38)41(50-19-29-15-30(50)17-44-29)47-42(46-39)55-21-24(4)53-6;23-12-17(21-19(25)18-2-1-11-22(18)13-24)16-5-3-14(4-6-16)15-7-9-20-10-8-15;1-2/h8-14,16,18,23-25,29-30,36,44,52H,7,15,17,19-22H2,1-6H3;3-10,13,17-18,23H,1-2,11-12H2,(H,21,25);1-2H3/t24-,25?,29+,30?,36?;;/m0../s1. The molecule has 432 valence electrons. The maximum absolute atomic E-state index is 15.4. The number of hydrogen-bond donors (Lipinski definition) is 4. The van der Waals surface area contributed by atoms with E-state index in [1.54, 1.807) is 43.9 Å². The largest absolute Gasteiger partial charge is 0.508 e. The Bertz CT molecular complexity index is 3340. The summed E-state index contributed by atoms with van der Waals surface area (Å²) in [5.74, 6) is 1.07. The number of aromatic nitrogens is 4. The van der Waals surface area contributed by atoms with Gasteiger partial charge in [-0.1, -0.05) is 94.4 Å². The molecule has 7 heterocycles. The number of aryl methyl sites for hydroxylation is 1. The van der Waals surface area contributed by atoms with E-state index in [0.29, 0.717) is 88.0 Å². The number of carbonyl (C=O) groups excluding carboxylic acids is 2. The summed E-state index contributed by atoms with van der Waals surface area (Å²) in [5, 5.41) is 40.3. The van der Waals surface area contributed by atoms with Crippen LogP contribution in [-0.4, -0.2) is 129 Å². The second-order valence-electron chi connectivity index (χ2n) is 21.5. The molecule has 11 rings (SSSR count). The highest BCUT2D eigenvalue weighted by Crippen LogP contribution is 2.45. The fraction of sp³-hybridized carbons (Fsp3) is 0.429. The van der Waals surface area contributed by atoms with Gasteiger partial charge in [0.2, 0.25) is 12.3 Å². The number of hydrogen-bond acceptors (Lipinski definition) is 16. The van der Waals surface area contributed by atoms with Gasteiger partial charge in [0.1, 0.15) is 53.9 Å². The number of ether oxygens (including phenoxy) is 3. The zero-order valence-electron chi connectivity index (χ0n) is 48.1. The molecule has 82 heavy (non-hydrogen) atoms. The van der Waals surface area contributed by atoms with Crippen LogP contribution in [0.1, 0.15) is 102 Å². The summed E-state index contributed by atoms with van der Waals surface area (Å²) in [6.45, 7) is 17.6. The molecular formula is C63H76FN11O7. The number of fused-ring (bicyclic) bond motifs is 4. The number of pyridine rings is 2. The quantitative estimate of drug-likeness (QED) is 0.0555. The topological polar surface area (TPSA) is 212 Å². The van der Waals surface area contributed by atoms with Crippen molar-refractivity contribution in [3.8, 4) is 39.9 Å². The minimum absolute atomic E-state index is 0.0338. The zero-order chi connectivity index (χ0) is 58.0. The van der Waals surface area contributed by atoms with Crippen LogP contribution in [0.2, 0.25) is 0 Å².